The molecule has 282 valence electrons. The largest absolute Gasteiger partial charge is 0.416 e. The number of alkyl halides is 3. The first-order chi connectivity index (χ1) is 28.9. The molecule has 7 nitrogen and oxygen atoms in total. The standard InChI is InChI=1S/C49H30F3N7/c50-49(51,52)35-28-29-41-39(30-35)36-24-13-14-27-40(36)59(41)42-37(47-55-43(31-16-5-1-6-17-31)53-44(56-47)32-18-7-2-8-19-32)25-15-26-38(42)48-57-45(33-20-9-3-10-21-33)54-46(58-48)34-22-11-4-12-23-34/h1-30H. The Morgan fingerprint density at radius 2 is 0.712 bits per heavy atom. The molecule has 3 aromatic heterocycles. The van der Waals surface area contributed by atoms with Crippen molar-refractivity contribution >= 4 is 21.8 Å². The molecule has 0 N–H and O–H groups in total. The number of aromatic nitrogens is 7. The van der Waals surface area contributed by atoms with Gasteiger partial charge in [-0.25, -0.2) is 29.9 Å². The first kappa shape index (κ1) is 35.6. The number of fused-ring (bicyclic) bond motifs is 3. The molecule has 59 heavy (non-hydrogen) atoms. The van der Waals surface area contributed by atoms with Gasteiger partial charge in [0.25, 0.3) is 0 Å². The zero-order valence-corrected chi connectivity index (χ0v) is 31.1. The lowest BCUT2D eigenvalue weighted by molar-refractivity contribution is -0.137. The highest BCUT2D eigenvalue weighted by Gasteiger charge is 2.32. The third-order valence-corrected chi connectivity index (χ3v) is 10.1. The molecule has 0 bridgehead atoms. The number of hydrogen-bond acceptors (Lipinski definition) is 6. The summed E-state index contributed by atoms with van der Waals surface area (Å²) in [6, 6.07) is 55.7. The molecule has 10 heteroatoms. The molecule has 0 aliphatic heterocycles. The van der Waals surface area contributed by atoms with Crippen LogP contribution in [0.2, 0.25) is 0 Å². The summed E-state index contributed by atoms with van der Waals surface area (Å²) in [5, 5.41) is 1.08. The summed E-state index contributed by atoms with van der Waals surface area (Å²) in [6.07, 6.45) is -4.54. The smallest absolute Gasteiger partial charge is 0.308 e. The van der Waals surface area contributed by atoms with Crippen LogP contribution in [0.4, 0.5) is 13.2 Å². The van der Waals surface area contributed by atoms with Gasteiger partial charge in [-0.3, -0.25) is 0 Å². The van der Waals surface area contributed by atoms with Crippen molar-refractivity contribution in [2.75, 3.05) is 0 Å². The number of nitrogens with zero attached hydrogens (tertiary/aromatic N) is 7. The van der Waals surface area contributed by atoms with Gasteiger partial charge in [0.1, 0.15) is 0 Å². The minimum atomic E-state index is -4.54. The summed E-state index contributed by atoms with van der Waals surface area (Å²) in [6.45, 7) is 0. The van der Waals surface area contributed by atoms with Crippen LogP contribution in [-0.2, 0) is 6.18 Å². The van der Waals surface area contributed by atoms with Crippen LogP contribution in [0.15, 0.2) is 182 Å². The molecular formula is C49H30F3N7. The lowest BCUT2D eigenvalue weighted by Gasteiger charge is -2.19. The van der Waals surface area contributed by atoms with Crippen LogP contribution in [0.25, 0.3) is 95.8 Å². The molecule has 0 aliphatic carbocycles. The van der Waals surface area contributed by atoms with E-state index < -0.39 is 11.7 Å². The second-order valence-electron chi connectivity index (χ2n) is 13.9. The van der Waals surface area contributed by atoms with Gasteiger partial charge in [-0.2, -0.15) is 13.2 Å². The maximum absolute atomic E-state index is 14.3. The Hall–Kier alpha value is -7.85. The van der Waals surface area contributed by atoms with Crippen LogP contribution in [0, 0.1) is 0 Å². The molecule has 3 heterocycles. The summed E-state index contributed by atoms with van der Waals surface area (Å²) in [7, 11) is 0. The summed E-state index contributed by atoms with van der Waals surface area (Å²) in [5.41, 5.74) is 5.41. The third kappa shape index (κ3) is 6.66. The highest BCUT2D eigenvalue weighted by atomic mass is 19.4. The van der Waals surface area contributed by atoms with Crippen LogP contribution in [0.1, 0.15) is 5.56 Å². The maximum atomic E-state index is 14.3. The minimum Gasteiger partial charge on any atom is -0.308 e. The van der Waals surface area contributed by atoms with Crippen molar-refractivity contribution in [3.63, 3.8) is 0 Å². The van der Waals surface area contributed by atoms with Gasteiger partial charge in [-0.1, -0.05) is 146 Å². The van der Waals surface area contributed by atoms with Gasteiger partial charge in [0.05, 0.1) is 22.3 Å². The van der Waals surface area contributed by atoms with Gasteiger partial charge < -0.3 is 4.57 Å². The Morgan fingerprint density at radius 1 is 0.339 bits per heavy atom. The van der Waals surface area contributed by atoms with E-state index in [4.69, 9.17) is 29.9 Å². The highest BCUT2D eigenvalue weighted by Crippen LogP contribution is 2.42. The predicted molar refractivity (Wildman–Crippen MR) is 225 cm³/mol. The Balaban J connectivity index is 1.33. The summed E-state index contributed by atoms with van der Waals surface area (Å²) < 4.78 is 44.8. The van der Waals surface area contributed by atoms with Gasteiger partial charge in [-0.15, -0.1) is 0 Å². The van der Waals surface area contributed by atoms with Crippen LogP contribution in [0.5, 0.6) is 0 Å². The van der Waals surface area contributed by atoms with Crippen molar-refractivity contribution in [3.05, 3.63) is 188 Å². The van der Waals surface area contributed by atoms with E-state index in [1.54, 1.807) is 0 Å². The number of halogens is 3. The van der Waals surface area contributed by atoms with E-state index in [0.717, 1.165) is 28.3 Å². The zero-order chi connectivity index (χ0) is 39.9. The quantitative estimate of drug-likeness (QED) is 0.160. The maximum Gasteiger partial charge on any atom is 0.416 e. The fraction of sp³-hybridized carbons (Fsp3) is 0.0204. The average Bonchev–Trinajstić information content (AvgIpc) is 3.63. The average molecular weight is 774 g/mol. The molecule has 0 spiro atoms. The monoisotopic (exact) mass is 773 g/mol. The fourth-order valence-electron chi connectivity index (χ4n) is 7.39. The SMILES string of the molecule is FC(F)(F)c1ccc2c(c1)c1ccccc1n2-c1c(-c2nc(-c3ccccc3)nc(-c3ccccc3)n2)cccc1-c1nc(-c2ccccc2)nc(-c2ccccc2)n1. The molecule has 0 fully saturated rings. The van der Waals surface area contributed by atoms with Crippen molar-refractivity contribution < 1.29 is 13.2 Å². The van der Waals surface area contributed by atoms with E-state index in [-0.39, 0.29) is 0 Å². The molecule has 0 aliphatic rings. The fourth-order valence-corrected chi connectivity index (χ4v) is 7.39. The molecule has 0 saturated carbocycles. The Bertz CT molecular complexity index is 2870. The van der Waals surface area contributed by atoms with Gasteiger partial charge in [0.15, 0.2) is 34.9 Å². The Labute approximate surface area is 336 Å². The lowest BCUT2D eigenvalue weighted by atomic mass is 10.0. The number of rotatable bonds is 7. The highest BCUT2D eigenvalue weighted by molar-refractivity contribution is 6.10. The van der Waals surface area contributed by atoms with E-state index in [0.29, 0.717) is 73.6 Å². The van der Waals surface area contributed by atoms with Crippen molar-refractivity contribution in [3.8, 4) is 74.0 Å². The molecule has 0 unspecified atom stereocenters. The number of benzene rings is 7. The summed E-state index contributed by atoms with van der Waals surface area (Å²) >= 11 is 0. The molecule has 0 saturated heterocycles. The number of para-hydroxylation sites is 2. The van der Waals surface area contributed by atoms with Crippen LogP contribution in [-0.4, -0.2) is 34.5 Å². The Morgan fingerprint density at radius 3 is 1.14 bits per heavy atom. The van der Waals surface area contributed by atoms with Crippen molar-refractivity contribution in [2.24, 2.45) is 0 Å². The molecule has 7 aromatic carbocycles. The third-order valence-electron chi connectivity index (χ3n) is 10.1. The summed E-state index contributed by atoms with van der Waals surface area (Å²) in [4.78, 5) is 30.3. The molecule has 10 aromatic rings. The molecule has 0 atom stereocenters. The van der Waals surface area contributed by atoms with Crippen LogP contribution in [0.3, 0.4) is 0 Å². The van der Waals surface area contributed by atoms with Crippen molar-refractivity contribution in [2.45, 2.75) is 6.18 Å². The second kappa shape index (κ2) is 14.6. The van der Waals surface area contributed by atoms with Crippen molar-refractivity contribution in [1.82, 2.24) is 34.5 Å². The van der Waals surface area contributed by atoms with E-state index in [2.05, 4.69) is 0 Å². The lowest BCUT2D eigenvalue weighted by Crippen LogP contribution is -2.07. The molecule has 0 amide bonds. The minimum absolute atomic E-state index is 0.355. The number of hydrogen-bond donors (Lipinski definition) is 0. The van der Waals surface area contributed by atoms with Crippen LogP contribution >= 0.6 is 0 Å². The zero-order valence-electron chi connectivity index (χ0n) is 31.1. The van der Waals surface area contributed by atoms with Crippen LogP contribution < -0.4 is 0 Å². The molecular weight excluding hydrogens is 744 g/mol. The Kier molecular flexibility index (Phi) is 8.79. The van der Waals surface area contributed by atoms with Gasteiger partial charge in [0, 0.05) is 44.2 Å². The van der Waals surface area contributed by atoms with E-state index in [9.17, 15) is 13.2 Å². The predicted octanol–water partition coefficient (Wildman–Crippen LogP) is 12.2. The van der Waals surface area contributed by atoms with Gasteiger partial charge in [0.2, 0.25) is 0 Å². The summed E-state index contributed by atoms with van der Waals surface area (Å²) in [5.74, 6) is 2.55. The molecule has 0 radical (unpaired) electrons. The van der Waals surface area contributed by atoms with Gasteiger partial charge in [-0.05, 0) is 36.4 Å². The first-order valence-corrected chi connectivity index (χ1v) is 18.9. The normalized spacial score (nSPS) is 11.6. The van der Waals surface area contributed by atoms with Crippen molar-refractivity contribution in [1.29, 1.82) is 0 Å². The van der Waals surface area contributed by atoms with E-state index >= 15 is 0 Å². The topological polar surface area (TPSA) is 82.3 Å². The second-order valence-corrected chi connectivity index (χ2v) is 13.9. The van der Waals surface area contributed by atoms with E-state index in [1.165, 1.54) is 12.1 Å². The molecule has 10 rings (SSSR count). The first-order valence-electron chi connectivity index (χ1n) is 18.9. The van der Waals surface area contributed by atoms with Gasteiger partial charge >= 0.3 is 6.18 Å². The van der Waals surface area contributed by atoms with E-state index in [1.807, 2.05) is 168 Å².